The highest BCUT2D eigenvalue weighted by Gasteiger charge is 2.01. The smallest absolute Gasteiger partial charge is 0.234 e. The number of hydrazine groups is 1. The van der Waals surface area contributed by atoms with Gasteiger partial charge in [-0.3, -0.25) is 10.2 Å². The van der Waals surface area contributed by atoms with Crippen LogP contribution in [-0.4, -0.2) is 24.0 Å². The molecule has 0 spiro atoms. The molecule has 0 aliphatic carbocycles. The maximum Gasteiger partial charge on any atom is 0.234 e. The zero-order chi connectivity index (χ0) is 9.40. The predicted molar refractivity (Wildman–Crippen MR) is 52.5 cm³/mol. The summed E-state index contributed by atoms with van der Waals surface area (Å²) >= 11 is 1.73. The van der Waals surface area contributed by atoms with Gasteiger partial charge in [0.2, 0.25) is 5.91 Å². The summed E-state index contributed by atoms with van der Waals surface area (Å²) in [6.45, 7) is 2.80. The van der Waals surface area contributed by atoms with E-state index in [0.717, 1.165) is 11.5 Å². The largest absolute Gasteiger partial charge is 0.330 e. The Morgan fingerprint density at radius 3 is 2.83 bits per heavy atom. The van der Waals surface area contributed by atoms with Gasteiger partial charge in [-0.25, -0.2) is 5.84 Å². The minimum atomic E-state index is -0.108. The van der Waals surface area contributed by atoms with Crippen LogP contribution in [-0.2, 0) is 4.79 Å². The van der Waals surface area contributed by atoms with E-state index in [0.29, 0.717) is 18.9 Å². The van der Waals surface area contributed by atoms with Gasteiger partial charge in [0, 0.05) is 12.2 Å². The SMILES string of the molecule is CC(CN)CSCCC(=O)NN. The Kier molecular flexibility index (Phi) is 7.23. The zero-order valence-corrected chi connectivity index (χ0v) is 8.19. The Hall–Kier alpha value is -0.260. The molecule has 0 aromatic rings. The number of nitrogens with one attached hydrogen (secondary N) is 1. The average molecular weight is 191 g/mol. The van der Waals surface area contributed by atoms with Crippen LogP contribution in [0.15, 0.2) is 0 Å². The fourth-order valence-electron chi connectivity index (χ4n) is 0.590. The van der Waals surface area contributed by atoms with Crippen molar-refractivity contribution >= 4 is 17.7 Å². The summed E-state index contributed by atoms with van der Waals surface area (Å²) in [6.07, 6.45) is 0.485. The molecule has 0 rings (SSSR count). The molecule has 0 saturated heterocycles. The van der Waals surface area contributed by atoms with E-state index in [4.69, 9.17) is 11.6 Å². The predicted octanol–water partition coefficient (Wildman–Crippen LogP) is -0.306. The Bertz CT molecular complexity index is 132. The maximum absolute atomic E-state index is 10.7. The molecule has 0 aromatic carbocycles. The first-order valence-electron chi connectivity index (χ1n) is 3.98. The molecule has 1 amide bonds. The Balaban J connectivity index is 3.15. The first kappa shape index (κ1) is 11.7. The molecule has 0 bridgehead atoms. The van der Waals surface area contributed by atoms with Crippen LogP contribution in [0.2, 0.25) is 0 Å². The van der Waals surface area contributed by atoms with Crippen molar-refractivity contribution in [1.82, 2.24) is 5.43 Å². The van der Waals surface area contributed by atoms with Crippen molar-refractivity contribution in [3.8, 4) is 0 Å². The standard InChI is InChI=1S/C7H17N3OS/c1-6(4-8)5-12-3-2-7(11)10-9/h6H,2-5,8-9H2,1H3,(H,10,11). The second-order valence-electron chi connectivity index (χ2n) is 2.73. The number of nitrogens with two attached hydrogens (primary N) is 2. The van der Waals surface area contributed by atoms with Crippen LogP contribution in [0.1, 0.15) is 13.3 Å². The van der Waals surface area contributed by atoms with Crippen LogP contribution in [0.4, 0.5) is 0 Å². The molecule has 0 radical (unpaired) electrons. The van der Waals surface area contributed by atoms with E-state index in [1.807, 2.05) is 0 Å². The second-order valence-corrected chi connectivity index (χ2v) is 3.88. The van der Waals surface area contributed by atoms with E-state index >= 15 is 0 Å². The lowest BCUT2D eigenvalue weighted by Gasteiger charge is -2.06. The van der Waals surface area contributed by atoms with E-state index in [9.17, 15) is 4.79 Å². The van der Waals surface area contributed by atoms with Gasteiger partial charge in [-0.2, -0.15) is 11.8 Å². The molecule has 0 aromatic heterocycles. The van der Waals surface area contributed by atoms with Gasteiger partial charge in [-0.15, -0.1) is 0 Å². The van der Waals surface area contributed by atoms with Crippen LogP contribution in [0.3, 0.4) is 0 Å². The van der Waals surface area contributed by atoms with E-state index in [2.05, 4.69) is 12.3 Å². The number of carbonyl (C=O) groups is 1. The molecule has 0 aliphatic rings. The van der Waals surface area contributed by atoms with Crippen molar-refractivity contribution in [1.29, 1.82) is 0 Å². The lowest BCUT2D eigenvalue weighted by Crippen LogP contribution is -2.30. The lowest BCUT2D eigenvalue weighted by atomic mass is 10.2. The summed E-state index contributed by atoms with van der Waals surface area (Å²) < 4.78 is 0. The monoisotopic (exact) mass is 191 g/mol. The quantitative estimate of drug-likeness (QED) is 0.233. The topological polar surface area (TPSA) is 81.1 Å². The molecule has 12 heavy (non-hydrogen) atoms. The molecule has 0 aliphatic heterocycles. The number of thioether (sulfide) groups is 1. The first-order valence-corrected chi connectivity index (χ1v) is 5.13. The highest BCUT2D eigenvalue weighted by molar-refractivity contribution is 7.99. The minimum absolute atomic E-state index is 0.108. The normalized spacial score (nSPS) is 12.6. The van der Waals surface area contributed by atoms with Crippen molar-refractivity contribution in [3.63, 3.8) is 0 Å². The molecule has 5 heteroatoms. The average Bonchev–Trinajstić information content (AvgIpc) is 2.11. The summed E-state index contributed by atoms with van der Waals surface area (Å²) in [7, 11) is 0. The third kappa shape index (κ3) is 6.45. The number of hydrogen-bond acceptors (Lipinski definition) is 4. The van der Waals surface area contributed by atoms with E-state index in [-0.39, 0.29) is 5.91 Å². The molecular formula is C7H17N3OS. The van der Waals surface area contributed by atoms with Crippen molar-refractivity contribution < 1.29 is 4.79 Å². The first-order chi connectivity index (χ1) is 5.70. The molecule has 0 fully saturated rings. The second kappa shape index (κ2) is 7.39. The van der Waals surface area contributed by atoms with Crippen LogP contribution in [0.5, 0.6) is 0 Å². The van der Waals surface area contributed by atoms with Gasteiger partial charge in [0.25, 0.3) is 0 Å². The van der Waals surface area contributed by atoms with Crippen LogP contribution in [0, 0.1) is 5.92 Å². The van der Waals surface area contributed by atoms with Gasteiger partial charge in [0.15, 0.2) is 0 Å². The van der Waals surface area contributed by atoms with E-state index in [1.165, 1.54) is 0 Å². The van der Waals surface area contributed by atoms with Crippen LogP contribution < -0.4 is 17.0 Å². The molecule has 4 nitrogen and oxygen atoms in total. The third-order valence-electron chi connectivity index (χ3n) is 1.44. The molecule has 5 N–H and O–H groups in total. The summed E-state index contributed by atoms with van der Waals surface area (Å²) in [5, 5.41) is 0. The van der Waals surface area contributed by atoms with Gasteiger partial charge in [-0.1, -0.05) is 6.92 Å². The van der Waals surface area contributed by atoms with Gasteiger partial charge in [-0.05, 0) is 18.2 Å². The Morgan fingerprint density at radius 2 is 2.33 bits per heavy atom. The van der Waals surface area contributed by atoms with Crippen molar-refractivity contribution in [3.05, 3.63) is 0 Å². The van der Waals surface area contributed by atoms with E-state index < -0.39 is 0 Å². The highest BCUT2D eigenvalue weighted by Crippen LogP contribution is 2.07. The van der Waals surface area contributed by atoms with Crippen molar-refractivity contribution in [2.24, 2.45) is 17.5 Å². The maximum atomic E-state index is 10.7. The molecule has 0 heterocycles. The number of hydrogen-bond donors (Lipinski definition) is 3. The molecule has 72 valence electrons. The lowest BCUT2D eigenvalue weighted by molar-refractivity contribution is -0.120. The third-order valence-corrected chi connectivity index (χ3v) is 2.74. The van der Waals surface area contributed by atoms with Crippen LogP contribution in [0.25, 0.3) is 0 Å². The summed E-state index contributed by atoms with van der Waals surface area (Å²) in [6, 6.07) is 0. The van der Waals surface area contributed by atoms with Crippen LogP contribution >= 0.6 is 11.8 Å². The molecule has 1 unspecified atom stereocenters. The summed E-state index contributed by atoms with van der Waals surface area (Å²) in [5.74, 6) is 7.15. The number of carbonyl (C=O) groups excluding carboxylic acids is 1. The summed E-state index contributed by atoms with van der Waals surface area (Å²) in [4.78, 5) is 10.7. The van der Waals surface area contributed by atoms with Gasteiger partial charge < -0.3 is 5.73 Å². The summed E-state index contributed by atoms with van der Waals surface area (Å²) in [5.41, 5.74) is 7.52. The fraction of sp³-hybridized carbons (Fsp3) is 0.857. The van der Waals surface area contributed by atoms with Gasteiger partial charge in [0.05, 0.1) is 0 Å². The van der Waals surface area contributed by atoms with E-state index in [1.54, 1.807) is 11.8 Å². The van der Waals surface area contributed by atoms with Crippen molar-refractivity contribution in [2.75, 3.05) is 18.1 Å². The molecule has 1 atom stereocenters. The molecule has 0 saturated carbocycles. The van der Waals surface area contributed by atoms with Crippen molar-refractivity contribution in [2.45, 2.75) is 13.3 Å². The molecular weight excluding hydrogens is 174 g/mol. The Labute approximate surface area is 77.4 Å². The van der Waals surface area contributed by atoms with Gasteiger partial charge >= 0.3 is 0 Å². The Morgan fingerprint density at radius 1 is 1.67 bits per heavy atom. The highest BCUT2D eigenvalue weighted by atomic mass is 32.2. The van der Waals surface area contributed by atoms with Gasteiger partial charge in [0.1, 0.15) is 0 Å². The zero-order valence-electron chi connectivity index (χ0n) is 7.38. The number of amides is 1. The number of rotatable bonds is 6. The fourth-order valence-corrected chi connectivity index (χ4v) is 1.62. The minimum Gasteiger partial charge on any atom is -0.330 e.